The van der Waals surface area contributed by atoms with Crippen LogP contribution in [0.2, 0.25) is 0 Å². The summed E-state index contributed by atoms with van der Waals surface area (Å²) in [6.45, 7) is 0. The fraction of sp³-hybridized carbons (Fsp3) is 0.0833. The molecule has 0 amide bonds. The highest BCUT2D eigenvalue weighted by atomic mass is 32.2. The van der Waals surface area contributed by atoms with Gasteiger partial charge in [0.15, 0.2) is 12.0 Å². The Kier molecular flexibility index (Phi) is 3.41. The minimum absolute atomic E-state index is 0.0621. The van der Waals surface area contributed by atoms with Crippen molar-refractivity contribution in [1.29, 1.82) is 0 Å². The molecule has 0 saturated carbocycles. The van der Waals surface area contributed by atoms with Crippen LogP contribution in [0.4, 0.5) is 0 Å². The number of ether oxygens (including phenoxy) is 1. The zero-order valence-corrected chi connectivity index (χ0v) is 10.7. The molecule has 6 nitrogen and oxygen atoms in total. The first-order valence-electron chi connectivity index (χ1n) is 5.16. The van der Waals surface area contributed by atoms with Gasteiger partial charge in [0.05, 0.1) is 7.11 Å². The lowest BCUT2D eigenvalue weighted by atomic mass is 10.1. The van der Waals surface area contributed by atoms with Gasteiger partial charge in [-0.2, -0.15) is 8.42 Å². The van der Waals surface area contributed by atoms with Crippen molar-refractivity contribution in [3.63, 3.8) is 0 Å². The van der Waals surface area contributed by atoms with E-state index in [1.807, 2.05) is 0 Å². The zero-order chi connectivity index (χ0) is 14.0. The molecule has 0 spiro atoms. The molecule has 0 aliphatic heterocycles. The molecule has 1 aromatic carbocycles. The van der Waals surface area contributed by atoms with Gasteiger partial charge in [-0.25, -0.2) is 0 Å². The Hall–Kier alpha value is -2.12. The summed E-state index contributed by atoms with van der Waals surface area (Å²) in [7, 11) is -3.06. The Morgan fingerprint density at radius 1 is 1.26 bits per heavy atom. The maximum absolute atomic E-state index is 11.4. The minimum Gasteiger partial charge on any atom is -0.497 e. The average Bonchev–Trinajstić information content (AvgIpc) is 2.85. The van der Waals surface area contributed by atoms with Crippen LogP contribution in [0.15, 0.2) is 39.6 Å². The monoisotopic (exact) mass is 282 g/mol. The van der Waals surface area contributed by atoms with Gasteiger partial charge in [0, 0.05) is 11.6 Å². The molecule has 7 heteroatoms. The van der Waals surface area contributed by atoms with Crippen molar-refractivity contribution in [2.45, 2.75) is 4.90 Å². The van der Waals surface area contributed by atoms with Gasteiger partial charge in [-0.3, -0.25) is 9.35 Å². The number of benzene rings is 1. The van der Waals surface area contributed by atoms with E-state index in [1.54, 1.807) is 0 Å². The van der Waals surface area contributed by atoms with Crippen molar-refractivity contribution in [3.05, 3.63) is 36.1 Å². The number of furan rings is 1. The van der Waals surface area contributed by atoms with Crippen molar-refractivity contribution in [2.24, 2.45) is 0 Å². The molecule has 0 atom stereocenters. The summed E-state index contributed by atoms with van der Waals surface area (Å²) in [5.74, 6) is 0.503. The van der Waals surface area contributed by atoms with Gasteiger partial charge in [0.25, 0.3) is 10.1 Å². The third-order valence-corrected chi connectivity index (χ3v) is 3.37. The lowest BCUT2D eigenvalue weighted by molar-refractivity contribution is 0.110. The number of carbonyl (C=O) groups excluding carboxylic acids is 1. The number of hydrogen-bond acceptors (Lipinski definition) is 5. The molecule has 19 heavy (non-hydrogen) atoms. The highest BCUT2D eigenvalue weighted by molar-refractivity contribution is 7.86. The second kappa shape index (κ2) is 4.87. The molecule has 0 saturated heterocycles. The first-order chi connectivity index (χ1) is 8.95. The van der Waals surface area contributed by atoms with Crippen LogP contribution < -0.4 is 4.74 Å². The van der Waals surface area contributed by atoms with E-state index in [1.165, 1.54) is 37.4 Å². The summed E-state index contributed by atoms with van der Waals surface area (Å²) < 4.78 is 42.0. The quantitative estimate of drug-likeness (QED) is 0.681. The second-order valence-electron chi connectivity index (χ2n) is 3.66. The highest BCUT2D eigenvalue weighted by Crippen LogP contribution is 2.31. The van der Waals surface area contributed by atoms with Gasteiger partial charge >= 0.3 is 0 Å². The van der Waals surface area contributed by atoms with Crippen molar-refractivity contribution in [3.8, 4) is 17.1 Å². The molecule has 0 radical (unpaired) electrons. The summed E-state index contributed by atoms with van der Waals surface area (Å²) in [5.41, 5.74) is 0.149. The average molecular weight is 282 g/mol. The van der Waals surface area contributed by atoms with E-state index < -0.39 is 10.1 Å². The number of hydrogen-bond donors (Lipinski definition) is 1. The molecule has 1 heterocycles. The summed E-state index contributed by atoms with van der Waals surface area (Å²) in [6.07, 6.45) is 0.500. The van der Waals surface area contributed by atoms with Crippen LogP contribution in [-0.2, 0) is 10.1 Å². The first-order valence-corrected chi connectivity index (χ1v) is 6.60. The molecule has 2 rings (SSSR count). The molecule has 100 valence electrons. The van der Waals surface area contributed by atoms with E-state index in [0.29, 0.717) is 6.29 Å². The predicted molar refractivity (Wildman–Crippen MR) is 65.9 cm³/mol. The SMILES string of the molecule is COc1ccc(-c2ccc(C=O)o2)c(S(=O)(=O)O)c1. The fourth-order valence-corrected chi connectivity index (χ4v) is 2.32. The predicted octanol–water partition coefficient (Wildman–Crippen LogP) is 2.01. The van der Waals surface area contributed by atoms with E-state index in [-0.39, 0.29) is 27.7 Å². The maximum atomic E-state index is 11.4. The van der Waals surface area contributed by atoms with Gasteiger partial charge < -0.3 is 9.15 Å². The van der Waals surface area contributed by atoms with Crippen molar-refractivity contribution in [1.82, 2.24) is 0 Å². The standard InChI is InChI=1S/C12H10O6S/c1-17-8-2-4-10(12(6-8)19(14,15)16)11-5-3-9(7-13)18-11/h2-7H,1H3,(H,14,15,16). The third-order valence-electron chi connectivity index (χ3n) is 2.48. The Bertz CT molecular complexity index is 714. The van der Waals surface area contributed by atoms with Gasteiger partial charge in [0.1, 0.15) is 16.4 Å². The molecule has 1 N–H and O–H groups in total. The third kappa shape index (κ3) is 2.67. The van der Waals surface area contributed by atoms with Crippen LogP contribution in [0.1, 0.15) is 10.6 Å². The Balaban J connectivity index is 2.65. The summed E-state index contributed by atoms with van der Waals surface area (Å²) in [6, 6.07) is 6.97. The van der Waals surface area contributed by atoms with Crippen LogP contribution >= 0.6 is 0 Å². The van der Waals surface area contributed by atoms with E-state index >= 15 is 0 Å². The second-order valence-corrected chi connectivity index (χ2v) is 5.05. The van der Waals surface area contributed by atoms with Crippen LogP contribution in [-0.4, -0.2) is 26.4 Å². The molecule has 0 aliphatic carbocycles. The molecule has 0 bridgehead atoms. The summed E-state index contributed by atoms with van der Waals surface area (Å²) >= 11 is 0. The largest absolute Gasteiger partial charge is 0.497 e. The smallest absolute Gasteiger partial charge is 0.295 e. The first kappa shape index (κ1) is 13.3. The van der Waals surface area contributed by atoms with Gasteiger partial charge in [-0.05, 0) is 24.3 Å². The maximum Gasteiger partial charge on any atom is 0.295 e. The lowest BCUT2D eigenvalue weighted by Crippen LogP contribution is -2.01. The number of carbonyl (C=O) groups is 1. The Morgan fingerprint density at radius 3 is 2.53 bits per heavy atom. The minimum atomic E-state index is -4.44. The number of methoxy groups -OCH3 is 1. The lowest BCUT2D eigenvalue weighted by Gasteiger charge is -2.07. The molecular weight excluding hydrogens is 272 g/mol. The van der Waals surface area contributed by atoms with Crippen LogP contribution in [0.25, 0.3) is 11.3 Å². The van der Waals surface area contributed by atoms with E-state index in [2.05, 4.69) is 0 Å². The van der Waals surface area contributed by atoms with E-state index in [9.17, 15) is 17.8 Å². The molecular formula is C12H10O6S. The molecule has 1 aromatic heterocycles. The van der Waals surface area contributed by atoms with Gasteiger partial charge in [0.2, 0.25) is 0 Å². The topological polar surface area (TPSA) is 93.8 Å². The molecule has 2 aromatic rings. The zero-order valence-electron chi connectivity index (χ0n) is 9.86. The van der Waals surface area contributed by atoms with Crippen molar-refractivity contribution < 1.29 is 26.9 Å². The summed E-state index contributed by atoms with van der Waals surface area (Å²) in [5, 5.41) is 0. The highest BCUT2D eigenvalue weighted by Gasteiger charge is 2.20. The normalized spacial score (nSPS) is 11.3. The number of aldehydes is 1. The molecule has 0 aliphatic rings. The summed E-state index contributed by atoms with van der Waals surface area (Å²) in [4.78, 5) is 10.2. The van der Waals surface area contributed by atoms with Crippen LogP contribution in [0.5, 0.6) is 5.75 Å². The fourth-order valence-electron chi connectivity index (χ4n) is 1.61. The van der Waals surface area contributed by atoms with Crippen molar-refractivity contribution in [2.75, 3.05) is 7.11 Å². The van der Waals surface area contributed by atoms with Crippen molar-refractivity contribution >= 4 is 16.4 Å². The Morgan fingerprint density at radius 2 is 2.00 bits per heavy atom. The van der Waals surface area contributed by atoms with E-state index in [4.69, 9.17) is 9.15 Å². The van der Waals surface area contributed by atoms with Gasteiger partial charge in [-0.1, -0.05) is 0 Å². The number of rotatable bonds is 4. The molecule has 0 fully saturated rings. The van der Waals surface area contributed by atoms with Gasteiger partial charge in [-0.15, -0.1) is 0 Å². The van der Waals surface area contributed by atoms with Crippen LogP contribution in [0.3, 0.4) is 0 Å². The molecule has 0 unspecified atom stereocenters. The van der Waals surface area contributed by atoms with E-state index in [0.717, 1.165) is 0 Å². The van der Waals surface area contributed by atoms with Crippen LogP contribution in [0, 0.1) is 0 Å². The Labute approximate surface area is 109 Å².